The quantitative estimate of drug-likeness (QED) is 0.567. The maximum atomic E-state index is 12.7. The van der Waals surface area contributed by atoms with Crippen LogP contribution in [0.5, 0.6) is 0 Å². The van der Waals surface area contributed by atoms with Crippen LogP contribution in [0, 0.1) is 5.92 Å². The number of aliphatic carboxylic acids is 1. The number of carboxylic acid groups (broad SMARTS) is 1. The van der Waals surface area contributed by atoms with Crippen molar-refractivity contribution in [1.29, 1.82) is 0 Å². The third-order valence-corrected chi connectivity index (χ3v) is 5.46. The van der Waals surface area contributed by atoms with Crippen LogP contribution in [-0.2, 0) is 9.59 Å². The van der Waals surface area contributed by atoms with Gasteiger partial charge in [-0.05, 0) is 23.6 Å². The molecular weight excluding hydrogens is 378 g/mol. The molecule has 1 saturated heterocycles. The molecule has 1 aliphatic rings. The number of thiocarbonyl (C=S) groups is 1. The molecule has 132 valence electrons. The van der Waals surface area contributed by atoms with Crippen molar-refractivity contribution < 1.29 is 14.7 Å². The number of rotatable bonds is 6. The van der Waals surface area contributed by atoms with Gasteiger partial charge >= 0.3 is 5.97 Å². The fraction of sp³-hybridized carbons (Fsp3) is 0.278. The number of carbonyl (C=O) groups is 2. The van der Waals surface area contributed by atoms with Gasteiger partial charge in [-0.15, -0.1) is 0 Å². The van der Waals surface area contributed by atoms with Crippen molar-refractivity contribution in [2.24, 2.45) is 5.92 Å². The second-order valence-corrected chi connectivity index (χ2v) is 7.77. The van der Waals surface area contributed by atoms with Crippen LogP contribution >= 0.6 is 35.6 Å². The summed E-state index contributed by atoms with van der Waals surface area (Å²) in [5, 5.41) is 9.89. The number of hydrogen-bond donors (Lipinski definition) is 1. The smallest absolute Gasteiger partial charge is 0.327 e. The number of carboxylic acids is 1. The maximum Gasteiger partial charge on any atom is 0.327 e. The van der Waals surface area contributed by atoms with E-state index in [-0.39, 0.29) is 10.2 Å². The Labute approximate surface area is 161 Å². The van der Waals surface area contributed by atoms with Crippen LogP contribution in [0.4, 0.5) is 0 Å². The number of thioether (sulfide) groups is 1. The minimum atomic E-state index is -1.06. The molecule has 1 amide bonds. The highest BCUT2D eigenvalue weighted by atomic mass is 35.5. The van der Waals surface area contributed by atoms with Gasteiger partial charge in [-0.2, -0.15) is 0 Å². The Morgan fingerprint density at radius 3 is 2.60 bits per heavy atom. The average Bonchev–Trinajstić information content (AvgIpc) is 2.83. The molecule has 0 radical (unpaired) electrons. The van der Waals surface area contributed by atoms with Crippen LogP contribution in [0.3, 0.4) is 0 Å². The molecule has 0 saturated carbocycles. The number of benzene rings is 1. The number of carbonyl (C=O) groups excluding carboxylic acids is 1. The summed E-state index contributed by atoms with van der Waals surface area (Å²) in [4.78, 5) is 25.8. The van der Waals surface area contributed by atoms with E-state index in [2.05, 4.69) is 0 Å². The summed E-state index contributed by atoms with van der Waals surface area (Å²) in [5.74, 6) is -1.69. The number of nitrogens with zero attached hydrogens (tertiary/aromatic N) is 1. The molecule has 2 unspecified atom stereocenters. The van der Waals surface area contributed by atoms with Gasteiger partial charge in [0.25, 0.3) is 5.91 Å². The highest BCUT2D eigenvalue weighted by Gasteiger charge is 2.42. The van der Waals surface area contributed by atoms with Gasteiger partial charge < -0.3 is 5.11 Å². The lowest BCUT2D eigenvalue weighted by Gasteiger charge is -2.27. The summed E-state index contributed by atoms with van der Waals surface area (Å²) >= 11 is 12.5. The highest BCUT2D eigenvalue weighted by molar-refractivity contribution is 8.26. The summed E-state index contributed by atoms with van der Waals surface area (Å²) in [6, 6.07) is 8.49. The van der Waals surface area contributed by atoms with E-state index in [1.807, 2.05) is 37.3 Å². The van der Waals surface area contributed by atoms with Crippen molar-refractivity contribution in [3.05, 3.63) is 51.9 Å². The molecule has 0 aliphatic carbocycles. The Morgan fingerprint density at radius 2 is 2.04 bits per heavy atom. The second kappa shape index (κ2) is 8.65. The Kier molecular flexibility index (Phi) is 6.81. The number of allylic oxidation sites excluding steroid dienone is 2. The van der Waals surface area contributed by atoms with Crippen LogP contribution in [0.15, 0.2) is 46.3 Å². The van der Waals surface area contributed by atoms with Gasteiger partial charge in [0.2, 0.25) is 0 Å². The molecule has 0 bridgehead atoms. The van der Waals surface area contributed by atoms with E-state index < -0.39 is 17.9 Å². The molecule has 25 heavy (non-hydrogen) atoms. The van der Waals surface area contributed by atoms with E-state index in [4.69, 9.17) is 23.8 Å². The van der Waals surface area contributed by atoms with Gasteiger partial charge in [0, 0.05) is 5.03 Å². The van der Waals surface area contributed by atoms with E-state index in [1.165, 1.54) is 11.0 Å². The zero-order valence-electron chi connectivity index (χ0n) is 13.8. The summed E-state index contributed by atoms with van der Waals surface area (Å²) in [7, 11) is 0. The van der Waals surface area contributed by atoms with Crippen molar-refractivity contribution in [3.8, 4) is 0 Å². The molecule has 1 aromatic carbocycles. The predicted octanol–water partition coefficient (Wildman–Crippen LogP) is 4.51. The number of amides is 1. The molecule has 1 aromatic rings. The van der Waals surface area contributed by atoms with E-state index in [1.54, 1.807) is 13.0 Å². The predicted molar refractivity (Wildman–Crippen MR) is 106 cm³/mol. The lowest BCUT2D eigenvalue weighted by atomic mass is 9.98. The minimum Gasteiger partial charge on any atom is -0.480 e. The summed E-state index contributed by atoms with van der Waals surface area (Å²) in [6.45, 7) is 3.68. The largest absolute Gasteiger partial charge is 0.480 e. The molecular formula is C18H18ClNO3S2. The Balaban J connectivity index is 2.28. The number of hydrogen-bond acceptors (Lipinski definition) is 4. The van der Waals surface area contributed by atoms with Crippen molar-refractivity contribution in [1.82, 2.24) is 4.90 Å². The van der Waals surface area contributed by atoms with Crippen LogP contribution in [0.25, 0.3) is 6.08 Å². The van der Waals surface area contributed by atoms with Crippen LogP contribution in [0.1, 0.15) is 25.8 Å². The SMILES string of the molecule is CCC(C)C(C(=O)O)N1C(=O)C(=CC(Cl)=Cc2ccccc2)SC1=S. The molecule has 1 heterocycles. The molecule has 1 N–H and O–H groups in total. The average molecular weight is 396 g/mol. The molecule has 1 aliphatic heterocycles. The van der Waals surface area contributed by atoms with Crippen molar-refractivity contribution in [3.63, 3.8) is 0 Å². The zero-order valence-corrected chi connectivity index (χ0v) is 16.2. The number of halogens is 1. The first-order valence-electron chi connectivity index (χ1n) is 7.77. The molecule has 2 rings (SSSR count). The van der Waals surface area contributed by atoms with E-state index >= 15 is 0 Å². The monoisotopic (exact) mass is 395 g/mol. The van der Waals surface area contributed by atoms with Gasteiger partial charge in [-0.3, -0.25) is 9.69 Å². The Morgan fingerprint density at radius 1 is 1.40 bits per heavy atom. The van der Waals surface area contributed by atoms with Crippen molar-refractivity contribution >= 4 is 57.9 Å². The van der Waals surface area contributed by atoms with Crippen molar-refractivity contribution in [2.45, 2.75) is 26.3 Å². The Bertz CT molecular complexity index is 746. The van der Waals surface area contributed by atoms with Gasteiger partial charge in [-0.25, -0.2) is 4.79 Å². The lowest BCUT2D eigenvalue weighted by molar-refractivity contribution is -0.147. The van der Waals surface area contributed by atoms with Gasteiger partial charge in [-0.1, -0.05) is 86.2 Å². The normalized spacial score (nSPS) is 19.4. The first-order chi connectivity index (χ1) is 11.8. The molecule has 0 spiro atoms. The second-order valence-electron chi connectivity index (χ2n) is 5.66. The molecule has 4 nitrogen and oxygen atoms in total. The van der Waals surface area contributed by atoms with Crippen LogP contribution in [-0.4, -0.2) is 32.2 Å². The topological polar surface area (TPSA) is 57.6 Å². The third-order valence-electron chi connectivity index (χ3n) is 3.91. The zero-order chi connectivity index (χ0) is 18.6. The van der Waals surface area contributed by atoms with Gasteiger partial charge in [0.1, 0.15) is 10.4 Å². The summed E-state index contributed by atoms with van der Waals surface area (Å²) in [5.41, 5.74) is 0.905. The van der Waals surface area contributed by atoms with Gasteiger partial charge in [0.05, 0.1) is 4.91 Å². The van der Waals surface area contributed by atoms with Gasteiger partial charge in [0.15, 0.2) is 0 Å². The fourth-order valence-corrected chi connectivity index (χ4v) is 4.05. The van der Waals surface area contributed by atoms with E-state index in [0.717, 1.165) is 17.3 Å². The maximum absolute atomic E-state index is 12.7. The first kappa shape index (κ1) is 19.7. The van der Waals surface area contributed by atoms with Crippen LogP contribution in [0.2, 0.25) is 0 Å². The summed E-state index contributed by atoms with van der Waals surface area (Å²) in [6.07, 6.45) is 3.89. The fourth-order valence-electron chi connectivity index (χ4n) is 2.43. The van der Waals surface area contributed by atoms with E-state index in [0.29, 0.717) is 16.4 Å². The highest BCUT2D eigenvalue weighted by Crippen LogP contribution is 2.36. The molecule has 7 heteroatoms. The summed E-state index contributed by atoms with van der Waals surface area (Å²) < 4.78 is 0.244. The first-order valence-corrected chi connectivity index (χ1v) is 9.37. The molecule has 1 fully saturated rings. The minimum absolute atomic E-state index is 0.213. The Hall–Kier alpha value is -1.63. The molecule has 0 aromatic heterocycles. The van der Waals surface area contributed by atoms with Crippen molar-refractivity contribution in [2.75, 3.05) is 0 Å². The van der Waals surface area contributed by atoms with Crippen LogP contribution < -0.4 is 0 Å². The standard InChI is InChI=1S/C18H18ClNO3S2/c1-3-11(2)15(17(22)23)20-16(21)14(25-18(20)24)10-13(19)9-12-7-5-4-6-8-12/h4-11,15H,3H2,1-2H3,(H,22,23). The molecule has 2 atom stereocenters. The lowest BCUT2D eigenvalue weighted by Crippen LogP contribution is -2.47. The third kappa shape index (κ3) is 4.71. The van der Waals surface area contributed by atoms with E-state index in [9.17, 15) is 14.7 Å².